The van der Waals surface area contributed by atoms with Crippen molar-refractivity contribution in [1.82, 2.24) is 10.2 Å². The van der Waals surface area contributed by atoms with Crippen LogP contribution in [-0.2, 0) is 9.59 Å². The Morgan fingerprint density at radius 3 is 2.62 bits per heavy atom. The molecule has 0 aromatic carbocycles. The average molecular weight is 184 g/mol. The Bertz CT molecular complexity index is 236. The highest BCUT2D eigenvalue weighted by Crippen LogP contribution is 2.19. The molecule has 1 saturated heterocycles. The molecule has 74 valence electrons. The first-order chi connectivity index (χ1) is 5.97. The summed E-state index contributed by atoms with van der Waals surface area (Å²) in [6.07, 6.45) is 0.853. The summed E-state index contributed by atoms with van der Waals surface area (Å²) in [5, 5.41) is 2.53. The summed E-state index contributed by atoms with van der Waals surface area (Å²) in [5.74, 6) is -0.0624. The van der Waals surface area contributed by atoms with E-state index >= 15 is 0 Å². The zero-order chi connectivity index (χ0) is 10.1. The van der Waals surface area contributed by atoms with E-state index in [0.717, 1.165) is 6.42 Å². The molecular formula is C9H16N2O2. The molecule has 4 nitrogen and oxygen atoms in total. The lowest BCUT2D eigenvalue weighted by Gasteiger charge is -2.39. The van der Waals surface area contributed by atoms with Gasteiger partial charge in [-0.3, -0.25) is 9.59 Å². The Kier molecular flexibility index (Phi) is 2.59. The van der Waals surface area contributed by atoms with Crippen LogP contribution in [0.15, 0.2) is 0 Å². The van der Waals surface area contributed by atoms with Crippen molar-refractivity contribution in [3.63, 3.8) is 0 Å². The van der Waals surface area contributed by atoms with Crippen molar-refractivity contribution in [3.05, 3.63) is 0 Å². The van der Waals surface area contributed by atoms with Crippen molar-refractivity contribution in [2.24, 2.45) is 0 Å². The highest BCUT2D eigenvalue weighted by molar-refractivity contribution is 5.92. The summed E-state index contributed by atoms with van der Waals surface area (Å²) in [6.45, 7) is 6.30. The molecule has 4 heteroatoms. The first kappa shape index (κ1) is 10.0. The summed E-state index contributed by atoms with van der Waals surface area (Å²) < 4.78 is 0. The molecule has 0 radical (unpaired) electrons. The molecule has 0 spiro atoms. The quantitative estimate of drug-likeness (QED) is 0.663. The highest BCUT2D eigenvalue weighted by atomic mass is 16.2. The van der Waals surface area contributed by atoms with Crippen LogP contribution in [0.4, 0.5) is 0 Å². The largest absolute Gasteiger partial charge is 0.345 e. The van der Waals surface area contributed by atoms with Gasteiger partial charge in [0.15, 0.2) is 0 Å². The molecule has 0 unspecified atom stereocenters. The number of piperazine rings is 1. The molecule has 1 heterocycles. The van der Waals surface area contributed by atoms with Crippen LogP contribution >= 0.6 is 0 Å². The van der Waals surface area contributed by atoms with Crippen LogP contribution in [0.2, 0.25) is 0 Å². The molecule has 1 fully saturated rings. The van der Waals surface area contributed by atoms with E-state index in [9.17, 15) is 9.59 Å². The van der Waals surface area contributed by atoms with Gasteiger partial charge in [0.05, 0.1) is 6.54 Å². The fraction of sp³-hybridized carbons (Fsp3) is 0.778. The lowest BCUT2D eigenvalue weighted by molar-refractivity contribution is -0.145. The van der Waals surface area contributed by atoms with Crippen molar-refractivity contribution in [1.29, 1.82) is 0 Å². The predicted octanol–water partition coefficient (Wildman–Crippen LogP) is 0.133. The fourth-order valence-corrected chi connectivity index (χ4v) is 1.30. The van der Waals surface area contributed by atoms with Gasteiger partial charge < -0.3 is 10.2 Å². The van der Waals surface area contributed by atoms with Crippen molar-refractivity contribution in [2.45, 2.75) is 32.7 Å². The Hall–Kier alpha value is -1.06. The lowest BCUT2D eigenvalue weighted by Crippen LogP contribution is -2.58. The number of amides is 2. The lowest BCUT2D eigenvalue weighted by atomic mass is 9.98. The molecule has 0 atom stereocenters. The Balaban J connectivity index is 2.76. The van der Waals surface area contributed by atoms with Gasteiger partial charge in [0.2, 0.25) is 11.8 Å². The molecule has 1 aliphatic heterocycles. The van der Waals surface area contributed by atoms with Crippen LogP contribution in [0, 0.1) is 0 Å². The van der Waals surface area contributed by atoms with Gasteiger partial charge in [-0.25, -0.2) is 0 Å². The maximum absolute atomic E-state index is 11.5. The van der Waals surface area contributed by atoms with Gasteiger partial charge in [-0.15, -0.1) is 0 Å². The number of nitrogens with zero attached hydrogens (tertiary/aromatic N) is 1. The number of carbonyl (C=O) groups is 2. The van der Waals surface area contributed by atoms with Crippen molar-refractivity contribution >= 4 is 11.8 Å². The van der Waals surface area contributed by atoms with E-state index in [1.807, 2.05) is 20.8 Å². The van der Waals surface area contributed by atoms with Crippen molar-refractivity contribution in [2.75, 3.05) is 13.1 Å². The standard InChI is InChI=1S/C9H16N2O2/c1-4-9(2,3)11-6-7(12)10-5-8(11)13/h4-6H2,1-3H3,(H,10,12). The molecule has 1 aliphatic rings. The topological polar surface area (TPSA) is 49.4 Å². The fourth-order valence-electron chi connectivity index (χ4n) is 1.30. The molecule has 0 aromatic heterocycles. The van der Waals surface area contributed by atoms with Gasteiger partial charge in [0.1, 0.15) is 6.54 Å². The van der Waals surface area contributed by atoms with Gasteiger partial charge in [0, 0.05) is 5.54 Å². The molecule has 13 heavy (non-hydrogen) atoms. The first-order valence-corrected chi connectivity index (χ1v) is 4.54. The Labute approximate surface area is 78.3 Å². The molecule has 1 rings (SSSR count). The van der Waals surface area contributed by atoms with Crippen LogP contribution < -0.4 is 5.32 Å². The second-order valence-electron chi connectivity index (χ2n) is 3.92. The zero-order valence-electron chi connectivity index (χ0n) is 8.39. The summed E-state index contributed by atoms with van der Waals surface area (Å²) in [4.78, 5) is 24.2. The van der Waals surface area contributed by atoms with Crippen LogP contribution in [0.1, 0.15) is 27.2 Å². The third-order valence-electron chi connectivity index (χ3n) is 2.64. The number of hydrogen-bond acceptors (Lipinski definition) is 2. The van der Waals surface area contributed by atoms with Gasteiger partial charge in [-0.2, -0.15) is 0 Å². The zero-order valence-corrected chi connectivity index (χ0v) is 8.39. The van der Waals surface area contributed by atoms with Gasteiger partial charge in [-0.05, 0) is 20.3 Å². The summed E-state index contributed by atoms with van der Waals surface area (Å²) in [7, 11) is 0. The van der Waals surface area contributed by atoms with Crippen LogP contribution in [-0.4, -0.2) is 35.3 Å². The molecule has 1 N–H and O–H groups in total. The van der Waals surface area contributed by atoms with E-state index in [2.05, 4.69) is 5.32 Å². The molecule has 2 amide bonds. The van der Waals surface area contributed by atoms with Crippen LogP contribution in [0.25, 0.3) is 0 Å². The van der Waals surface area contributed by atoms with Gasteiger partial charge in [-0.1, -0.05) is 6.92 Å². The monoisotopic (exact) mass is 184 g/mol. The maximum atomic E-state index is 11.5. The first-order valence-electron chi connectivity index (χ1n) is 4.54. The number of hydrogen-bond donors (Lipinski definition) is 1. The SMILES string of the molecule is CCC(C)(C)N1CC(=O)NCC1=O. The van der Waals surface area contributed by atoms with E-state index in [4.69, 9.17) is 0 Å². The normalized spacial score (nSPS) is 18.8. The smallest absolute Gasteiger partial charge is 0.242 e. The van der Waals surface area contributed by atoms with Gasteiger partial charge >= 0.3 is 0 Å². The Morgan fingerprint density at radius 1 is 1.46 bits per heavy atom. The van der Waals surface area contributed by atoms with Crippen LogP contribution in [0.5, 0.6) is 0 Å². The minimum Gasteiger partial charge on any atom is -0.345 e. The van der Waals surface area contributed by atoms with E-state index in [0.29, 0.717) is 0 Å². The summed E-state index contributed by atoms with van der Waals surface area (Å²) in [6, 6.07) is 0. The number of carbonyl (C=O) groups excluding carboxylic acids is 2. The van der Waals surface area contributed by atoms with E-state index in [1.165, 1.54) is 0 Å². The molecule has 0 aromatic rings. The highest BCUT2D eigenvalue weighted by Gasteiger charge is 2.33. The summed E-state index contributed by atoms with van der Waals surface area (Å²) >= 11 is 0. The number of rotatable bonds is 2. The molecule has 0 bridgehead atoms. The molecular weight excluding hydrogens is 168 g/mol. The molecule has 0 aliphatic carbocycles. The Morgan fingerprint density at radius 2 is 2.08 bits per heavy atom. The second kappa shape index (κ2) is 3.36. The minimum atomic E-state index is -0.213. The third kappa shape index (κ3) is 1.99. The summed E-state index contributed by atoms with van der Waals surface area (Å²) in [5.41, 5.74) is -0.213. The molecule has 0 saturated carbocycles. The minimum absolute atomic E-state index is 0.00597. The number of nitrogens with one attached hydrogen (secondary N) is 1. The van der Waals surface area contributed by atoms with E-state index in [-0.39, 0.29) is 30.4 Å². The van der Waals surface area contributed by atoms with E-state index < -0.39 is 0 Å². The van der Waals surface area contributed by atoms with Crippen molar-refractivity contribution < 1.29 is 9.59 Å². The second-order valence-corrected chi connectivity index (χ2v) is 3.92. The average Bonchev–Trinajstić information content (AvgIpc) is 2.09. The van der Waals surface area contributed by atoms with E-state index in [1.54, 1.807) is 4.90 Å². The van der Waals surface area contributed by atoms with Crippen molar-refractivity contribution in [3.8, 4) is 0 Å². The third-order valence-corrected chi connectivity index (χ3v) is 2.64. The predicted molar refractivity (Wildman–Crippen MR) is 49.1 cm³/mol. The van der Waals surface area contributed by atoms with Crippen LogP contribution in [0.3, 0.4) is 0 Å². The van der Waals surface area contributed by atoms with Gasteiger partial charge in [0.25, 0.3) is 0 Å². The maximum Gasteiger partial charge on any atom is 0.242 e.